The Labute approximate surface area is 115 Å². The van der Waals surface area contributed by atoms with Crippen molar-refractivity contribution in [2.24, 2.45) is 0 Å². The van der Waals surface area contributed by atoms with Crippen molar-refractivity contribution in [2.45, 2.75) is 6.54 Å². The van der Waals surface area contributed by atoms with Crippen LogP contribution in [0.25, 0.3) is 0 Å². The second kappa shape index (κ2) is 5.86. The highest BCUT2D eigenvalue weighted by molar-refractivity contribution is 5.54. The minimum absolute atomic E-state index is 0.0839. The van der Waals surface area contributed by atoms with E-state index in [0.29, 0.717) is 6.07 Å². The number of nitrogens with zero attached hydrogens (tertiary/aromatic N) is 1. The van der Waals surface area contributed by atoms with Crippen LogP contribution in [-0.4, -0.2) is 14.1 Å². The predicted octanol–water partition coefficient (Wildman–Crippen LogP) is 3.78. The van der Waals surface area contributed by atoms with Crippen molar-refractivity contribution in [3.05, 3.63) is 59.4 Å². The standard InChI is InChI=1S/C15H15F3N2/c1-20(2)12-5-3-11(4-6-12)19-9-10-7-14(17)15(18)8-13(10)16/h3-8,19H,9H2,1-2H3. The fourth-order valence-corrected chi connectivity index (χ4v) is 1.77. The third kappa shape index (κ3) is 3.23. The topological polar surface area (TPSA) is 15.3 Å². The summed E-state index contributed by atoms with van der Waals surface area (Å²) in [6.45, 7) is 0.0876. The molecule has 2 nitrogen and oxygen atoms in total. The van der Waals surface area contributed by atoms with E-state index < -0.39 is 17.5 Å². The predicted molar refractivity (Wildman–Crippen MR) is 74.4 cm³/mol. The van der Waals surface area contributed by atoms with E-state index in [9.17, 15) is 13.2 Å². The number of benzene rings is 2. The van der Waals surface area contributed by atoms with Gasteiger partial charge in [0, 0.05) is 43.6 Å². The van der Waals surface area contributed by atoms with Gasteiger partial charge in [-0.25, -0.2) is 13.2 Å². The summed E-state index contributed by atoms with van der Waals surface area (Å²) < 4.78 is 39.3. The molecule has 2 rings (SSSR count). The van der Waals surface area contributed by atoms with Crippen molar-refractivity contribution < 1.29 is 13.2 Å². The van der Waals surface area contributed by atoms with Crippen molar-refractivity contribution in [3.8, 4) is 0 Å². The van der Waals surface area contributed by atoms with Crippen LogP contribution in [0.2, 0.25) is 0 Å². The number of rotatable bonds is 4. The molecule has 0 aliphatic carbocycles. The summed E-state index contributed by atoms with van der Waals surface area (Å²) in [7, 11) is 3.86. The molecular formula is C15H15F3N2. The number of nitrogens with one attached hydrogen (secondary N) is 1. The summed E-state index contributed by atoms with van der Waals surface area (Å²) in [6.07, 6.45) is 0. The molecule has 0 bridgehead atoms. The molecule has 0 amide bonds. The molecule has 0 saturated heterocycles. The third-order valence-corrected chi connectivity index (χ3v) is 2.96. The van der Waals surface area contributed by atoms with Gasteiger partial charge in [0.1, 0.15) is 5.82 Å². The summed E-state index contributed by atoms with van der Waals surface area (Å²) in [5, 5.41) is 2.97. The zero-order valence-electron chi connectivity index (χ0n) is 11.3. The highest BCUT2D eigenvalue weighted by Gasteiger charge is 2.09. The van der Waals surface area contributed by atoms with E-state index in [1.54, 1.807) is 0 Å². The smallest absolute Gasteiger partial charge is 0.161 e. The van der Waals surface area contributed by atoms with Crippen molar-refractivity contribution in [1.82, 2.24) is 0 Å². The second-order valence-electron chi connectivity index (χ2n) is 4.65. The minimum atomic E-state index is -1.18. The molecule has 0 aliphatic rings. The first-order valence-electron chi connectivity index (χ1n) is 6.12. The molecule has 106 valence electrons. The summed E-state index contributed by atoms with van der Waals surface area (Å²) in [5.74, 6) is -2.99. The van der Waals surface area contributed by atoms with Gasteiger partial charge in [-0.05, 0) is 30.3 Å². The molecule has 0 fully saturated rings. The van der Waals surface area contributed by atoms with Crippen LogP contribution < -0.4 is 10.2 Å². The van der Waals surface area contributed by atoms with Crippen LogP contribution in [0, 0.1) is 17.5 Å². The Kier molecular flexibility index (Phi) is 4.17. The zero-order valence-corrected chi connectivity index (χ0v) is 11.3. The van der Waals surface area contributed by atoms with E-state index in [0.717, 1.165) is 17.4 Å². The third-order valence-electron chi connectivity index (χ3n) is 2.96. The molecule has 0 spiro atoms. The molecule has 2 aromatic rings. The lowest BCUT2D eigenvalue weighted by Gasteiger charge is -2.13. The average Bonchev–Trinajstić information content (AvgIpc) is 2.42. The van der Waals surface area contributed by atoms with E-state index in [1.165, 1.54) is 0 Å². The van der Waals surface area contributed by atoms with Gasteiger partial charge in [-0.2, -0.15) is 0 Å². The van der Waals surface area contributed by atoms with E-state index in [1.807, 2.05) is 43.3 Å². The van der Waals surface area contributed by atoms with Gasteiger partial charge in [0.15, 0.2) is 11.6 Å². The Balaban J connectivity index is 2.07. The Morgan fingerprint density at radius 1 is 0.900 bits per heavy atom. The molecular weight excluding hydrogens is 265 g/mol. The summed E-state index contributed by atoms with van der Waals surface area (Å²) in [4.78, 5) is 1.96. The summed E-state index contributed by atoms with van der Waals surface area (Å²) in [6, 6.07) is 8.92. The number of hydrogen-bond donors (Lipinski definition) is 1. The lowest BCUT2D eigenvalue weighted by Crippen LogP contribution is -2.08. The number of halogens is 3. The molecule has 20 heavy (non-hydrogen) atoms. The molecule has 2 aromatic carbocycles. The second-order valence-corrected chi connectivity index (χ2v) is 4.65. The SMILES string of the molecule is CN(C)c1ccc(NCc2cc(F)c(F)cc2F)cc1. The van der Waals surface area contributed by atoms with Crippen LogP contribution in [0.4, 0.5) is 24.5 Å². The molecule has 1 N–H and O–H groups in total. The van der Waals surface area contributed by atoms with Crippen LogP contribution in [0.1, 0.15) is 5.56 Å². The molecule has 0 aliphatic heterocycles. The lowest BCUT2D eigenvalue weighted by atomic mass is 10.2. The summed E-state index contributed by atoms with van der Waals surface area (Å²) in [5.41, 5.74) is 1.90. The van der Waals surface area contributed by atoms with Gasteiger partial charge in [0.25, 0.3) is 0 Å². The first-order chi connectivity index (χ1) is 9.47. The average molecular weight is 280 g/mol. The molecule has 0 saturated carbocycles. The number of anilines is 2. The van der Waals surface area contributed by atoms with Crippen molar-refractivity contribution in [3.63, 3.8) is 0 Å². The monoisotopic (exact) mass is 280 g/mol. The van der Waals surface area contributed by atoms with Gasteiger partial charge >= 0.3 is 0 Å². The fraction of sp³-hybridized carbons (Fsp3) is 0.200. The molecule has 0 aromatic heterocycles. The largest absolute Gasteiger partial charge is 0.381 e. The van der Waals surface area contributed by atoms with E-state index in [2.05, 4.69) is 5.32 Å². The van der Waals surface area contributed by atoms with Gasteiger partial charge in [0.05, 0.1) is 0 Å². The van der Waals surface area contributed by atoms with Crippen molar-refractivity contribution in [2.75, 3.05) is 24.3 Å². The highest BCUT2D eigenvalue weighted by atomic mass is 19.2. The Bertz CT molecular complexity index is 595. The van der Waals surface area contributed by atoms with Crippen LogP contribution in [0.5, 0.6) is 0 Å². The quantitative estimate of drug-likeness (QED) is 0.857. The Morgan fingerprint density at radius 2 is 1.50 bits per heavy atom. The molecule has 0 radical (unpaired) electrons. The molecule has 5 heteroatoms. The Hall–Kier alpha value is -2.17. The molecule has 0 unspecified atom stereocenters. The summed E-state index contributed by atoms with van der Waals surface area (Å²) >= 11 is 0. The van der Waals surface area contributed by atoms with E-state index >= 15 is 0 Å². The lowest BCUT2D eigenvalue weighted by molar-refractivity contribution is 0.490. The molecule has 0 atom stereocenters. The molecule has 0 heterocycles. The van der Waals surface area contributed by atoms with Gasteiger partial charge in [0.2, 0.25) is 0 Å². The first kappa shape index (κ1) is 14.2. The normalized spacial score (nSPS) is 10.4. The van der Waals surface area contributed by atoms with Crippen molar-refractivity contribution >= 4 is 11.4 Å². The van der Waals surface area contributed by atoms with E-state index in [-0.39, 0.29) is 12.1 Å². The van der Waals surface area contributed by atoms with Crippen LogP contribution >= 0.6 is 0 Å². The maximum atomic E-state index is 13.4. The Morgan fingerprint density at radius 3 is 2.10 bits per heavy atom. The van der Waals surface area contributed by atoms with Gasteiger partial charge in [-0.15, -0.1) is 0 Å². The minimum Gasteiger partial charge on any atom is -0.381 e. The maximum absolute atomic E-state index is 13.4. The van der Waals surface area contributed by atoms with Crippen molar-refractivity contribution in [1.29, 1.82) is 0 Å². The van der Waals surface area contributed by atoms with E-state index in [4.69, 9.17) is 0 Å². The maximum Gasteiger partial charge on any atom is 0.161 e. The number of hydrogen-bond acceptors (Lipinski definition) is 2. The van der Waals surface area contributed by atoms with Crippen LogP contribution in [0.3, 0.4) is 0 Å². The van der Waals surface area contributed by atoms with Gasteiger partial charge < -0.3 is 10.2 Å². The van der Waals surface area contributed by atoms with Gasteiger partial charge in [-0.1, -0.05) is 0 Å². The van der Waals surface area contributed by atoms with Crippen LogP contribution in [-0.2, 0) is 6.54 Å². The first-order valence-corrected chi connectivity index (χ1v) is 6.12. The van der Waals surface area contributed by atoms with Gasteiger partial charge in [-0.3, -0.25) is 0 Å². The zero-order chi connectivity index (χ0) is 14.7. The highest BCUT2D eigenvalue weighted by Crippen LogP contribution is 2.18. The fourth-order valence-electron chi connectivity index (χ4n) is 1.77. The van der Waals surface area contributed by atoms with Crippen LogP contribution in [0.15, 0.2) is 36.4 Å².